The minimum absolute atomic E-state index is 0.185. The summed E-state index contributed by atoms with van der Waals surface area (Å²) in [6.07, 6.45) is 10.1. The van der Waals surface area contributed by atoms with Gasteiger partial charge in [0.1, 0.15) is 22.4 Å². The maximum absolute atomic E-state index is 12.2. The van der Waals surface area contributed by atoms with E-state index >= 15 is 0 Å². The fourth-order valence-corrected chi connectivity index (χ4v) is 7.46. The number of hydrogen-bond acceptors (Lipinski definition) is 13. The molecule has 66 heavy (non-hydrogen) atoms. The Labute approximate surface area is 401 Å². The predicted molar refractivity (Wildman–Crippen MR) is 266 cm³/mol. The molecule has 1 unspecified atom stereocenters. The van der Waals surface area contributed by atoms with Gasteiger partial charge in [0, 0.05) is 84.6 Å². The molecule has 1 saturated heterocycles. The summed E-state index contributed by atoms with van der Waals surface area (Å²) < 4.78 is 21.6. The van der Waals surface area contributed by atoms with Crippen molar-refractivity contribution in [2.24, 2.45) is 5.73 Å². The molecule has 1 rings (SSSR count). The first-order valence-corrected chi connectivity index (χ1v) is 25.3. The van der Waals surface area contributed by atoms with Gasteiger partial charge in [0.25, 0.3) is 0 Å². The zero-order valence-electron chi connectivity index (χ0n) is 44.0. The molecule has 17 nitrogen and oxygen atoms in total. The van der Waals surface area contributed by atoms with Crippen molar-refractivity contribution in [3.05, 3.63) is 0 Å². The maximum Gasteiger partial charge on any atom is 0.407 e. The number of ether oxygens (including phenoxy) is 4. The summed E-state index contributed by atoms with van der Waals surface area (Å²) in [6, 6.07) is 0.185. The number of alkyl carbamates (subject to hydrolysis) is 4. The number of hydrogen-bond donors (Lipinski definition) is 5. The van der Waals surface area contributed by atoms with Crippen molar-refractivity contribution in [2.45, 2.75) is 189 Å². The largest absolute Gasteiger partial charge is 0.444 e. The van der Waals surface area contributed by atoms with Gasteiger partial charge in [-0.3, -0.25) is 4.90 Å². The molecule has 6 N–H and O–H groups in total. The van der Waals surface area contributed by atoms with Crippen LogP contribution in [-0.2, 0) is 18.9 Å². The fourth-order valence-electron chi connectivity index (χ4n) is 7.46. The number of rotatable bonds is 25. The van der Waals surface area contributed by atoms with Crippen molar-refractivity contribution >= 4 is 24.4 Å². The molecule has 0 radical (unpaired) electrons. The SMILES string of the molecule is CC(C)(C)OC(=O)NCCCCCN1CCN(CCCCCNC(=O)OC(C)(C)C)CCN(CCCCCNC(=O)OC(C)(C)C)C(CN)CN(CCCCCNC(=O)OC(C)(C)C)CC1. The minimum atomic E-state index is -0.524. The Kier molecular flexibility index (Phi) is 30.1. The minimum Gasteiger partial charge on any atom is -0.444 e. The molecule has 17 heteroatoms. The molecular formula is C49H99N9O8. The second-order valence-corrected chi connectivity index (χ2v) is 21.9. The Hall–Kier alpha value is -3.12. The first-order chi connectivity index (χ1) is 30.8. The van der Waals surface area contributed by atoms with Gasteiger partial charge in [0.2, 0.25) is 0 Å². The third-order valence-electron chi connectivity index (χ3n) is 10.7. The summed E-state index contributed by atoms with van der Waals surface area (Å²) in [7, 11) is 0. The molecule has 1 aliphatic rings. The molecule has 1 atom stereocenters. The monoisotopic (exact) mass is 942 g/mol. The standard InChI is InChI=1S/C49H99N9O8/c1-46(2,3)63-42(59)51-25-17-13-21-29-55-33-34-56(30-22-14-18-26-52-43(60)64-47(4,5)6)37-38-58(32-24-16-20-28-54-45(62)66-49(10,11)12)41(39-50)40-57(36-35-55)31-23-15-19-27-53-44(61)65-48(7,8)9/h41H,13-40,50H2,1-12H3,(H,51,59)(H,52,60)(H,53,61)(H,54,62). The summed E-state index contributed by atoms with van der Waals surface area (Å²) in [5.74, 6) is 0. The van der Waals surface area contributed by atoms with Crippen molar-refractivity contribution in [3.8, 4) is 0 Å². The lowest BCUT2D eigenvalue weighted by atomic mass is 10.1. The van der Waals surface area contributed by atoms with Crippen LogP contribution >= 0.6 is 0 Å². The van der Waals surface area contributed by atoms with E-state index in [9.17, 15) is 19.2 Å². The zero-order valence-corrected chi connectivity index (χ0v) is 44.0. The molecule has 0 aliphatic carbocycles. The zero-order chi connectivity index (χ0) is 49.7. The maximum atomic E-state index is 12.2. The third kappa shape index (κ3) is 36.0. The highest BCUT2D eigenvalue weighted by Crippen LogP contribution is 2.13. The van der Waals surface area contributed by atoms with Gasteiger partial charge in [-0.2, -0.15) is 0 Å². The van der Waals surface area contributed by atoms with Gasteiger partial charge in [0.15, 0.2) is 0 Å². The van der Waals surface area contributed by atoms with Crippen LogP contribution in [0.3, 0.4) is 0 Å². The van der Waals surface area contributed by atoms with E-state index in [1.807, 2.05) is 83.1 Å². The number of unbranched alkanes of at least 4 members (excludes halogenated alkanes) is 8. The molecule has 388 valence electrons. The van der Waals surface area contributed by atoms with Crippen LogP contribution in [0, 0.1) is 0 Å². The first-order valence-electron chi connectivity index (χ1n) is 25.3. The number of carbonyl (C=O) groups is 4. The van der Waals surface area contributed by atoms with E-state index < -0.39 is 22.4 Å². The van der Waals surface area contributed by atoms with Crippen LogP contribution in [0.25, 0.3) is 0 Å². The number of nitrogens with one attached hydrogen (secondary N) is 4. The average Bonchev–Trinajstić information content (AvgIpc) is 3.16. The molecule has 1 aliphatic heterocycles. The molecule has 0 aromatic rings. The molecule has 4 amide bonds. The first kappa shape index (κ1) is 60.9. The van der Waals surface area contributed by atoms with E-state index in [1.165, 1.54) is 0 Å². The van der Waals surface area contributed by atoms with E-state index in [0.29, 0.717) is 32.7 Å². The normalized spacial score (nSPS) is 17.0. The third-order valence-corrected chi connectivity index (χ3v) is 10.7. The Morgan fingerprint density at radius 1 is 0.409 bits per heavy atom. The summed E-state index contributed by atoms with van der Waals surface area (Å²) in [4.78, 5) is 59.2. The molecule has 0 saturated carbocycles. The van der Waals surface area contributed by atoms with Crippen LogP contribution in [0.15, 0.2) is 0 Å². The average molecular weight is 942 g/mol. The molecule has 0 spiro atoms. The van der Waals surface area contributed by atoms with E-state index in [1.54, 1.807) is 0 Å². The smallest absolute Gasteiger partial charge is 0.407 e. The lowest BCUT2D eigenvalue weighted by molar-refractivity contribution is 0.0514. The van der Waals surface area contributed by atoms with E-state index in [0.717, 1.165) is 149 Å². The molecule has 1 fully saturated rings. The van der Waals surface area contributed by atoms with Crippen LogP contribution in [0.4, 0.5) is 19.2 Å². The summed E-state index contributed by atoms with van der Waals surface area (Å²) in [5, 5.41) is 11.6. The van der Waals surface area contributed by atoms with Crippen molar-refractivity contribution in [3.63, 3.8) is 0 Å². The number of nitrogens with zero attached hydrogens (tertiary/aromatic N) is 4. The molecule has 1 heterocycles. The quantitative estimate of drug-likeness (QED) is 0.0453. The van der Waals surface area contributed by atoms with E-state index in [-0.39, 0.29) is 30.4 Å². The van der Waals surface area contributed by atoms with Gasteiger partial charge in [-0.25, -0.2) is 19.2 Å². The molecule has 0 aromatic heterocycles. The molecular weight excluding hydrogens is 843 g/mol. The van der Waals surface area contributed by atoms with Crippen molar-refractivity contribution in [2.75, 3.05) is 105 Å². The highest BCUT2D eigenvalue weighted by atomic mass is 16.6. The Morgan fingerprint density at radius 3 is 0.985 bits per heavy atom. The number of nitrogens with two attached hydrogens (primary N) is 1. The second-order valence-electron chi connectivity index (χ2n) is 21.9. The highest BCUT2D eigenvalue weighted by molar-refractivity contribution is 5.68. The van der Waals surface area contributed by atoms with Gasteiger partial charge >= 0.3 is 24.4 Å². The van der Waals surface area contributed by atoms with Crippen molar-refractivity contribution in [1.29, 1.82) is 0 Å². The van der Waals surface area contributed by atoms with E-state index in [4.69, 9.17) is 24.7 Å². The van der Waals surface area contributed by atoms with Gasteiger partial charge in [-0.15, -0.1) is 0 Å². The second kappa shape index (κ2) is 32.6. The predicted octanol–water partition coefficient (Wildman–Crippen LogP) is 7.32. The summed E-state index contributed by atoms with van der Waals surface area (Å²) in [5.41, 5.74) is 4.58. The van der Waals surface area contributed by atoms with E-state index in [2.05, 4.69) is 40.9 Å². The Morgan fingerprint density at radius 2 is 0.682 bits per heavy atom. The van der Waals surface area contributed by atoms with Crippen LogP contribution in [0.1, 0.15) is 160 Å². The topological polar surface area (TPSA) is 192 Å². The van der Waals surface area contributed by atoms with Gasteiger partial charge < -0.3 is 60.6 Å². The number of amides is 4. The van der Waals surface area contributed by atoms with Gasteiger partial charge in [-0.05, 0) is 161 Å². The lowest BCUT2D eigenvalue weighted by Gasteiger charge is -2.38. The lowest BCUT2D eigenvalue weighted by Crippen LogP contribution is -2.53. The summed E-state index contributed by atoms with van der Waals surface area (Å²) in [6.45, 7) is 35.7. The Balaban J connectivity index is 3.07. The number of carbonyl (C=O) groups excluding carboxylic acids is 4. The highest BCUT2D eigenvalue weighted by Gasteiger charge is 2.24. The van der Waals surface area contributed by atoms with Crippen LogP contribution < -0.4 is 27.0 Å². The van der Waals surface area contributed by atoms with Crippen LogP contribution in [0.5, 0.6) is 0 Å². The fraction of sp³-hybridized carbons (Fsp3) is 0.918. The van der Waals surface area contributed by atoms with Crippen LogP contribution in [-0.4, -0.2) is 177 Å². The van der Waals surface area contributed by atoms with Gasteiger partial charge in [0.05, 0.1) is 0 Å². The van der Waals surface area contributed by atoms with Gasteiger partial charge in [-0.1, -0.05) is 25.7 Å². The van der Waals surface area contributed by atoms with Crippen molar-refractivity contribution in [1.82, 2.24) is 40.9 Å². The van der Waals surface area contributed by atoms with Crippen molar-refractivity contribution < 1.29 is 38.1 Å². The summed E-state index contributed by atoms with van der Waals surface area (Å²) >= 11 is 0. The molecule has 0 bridgehead atoms. The molecule has 0 aromatic carbocycles. The van der Waals surface area contributed by atoms with Crippen LogP contribution in [0.2, 0.25) is 0 Å². The Bertz CT molecular complexity index is 1330.